The number of amides is 1. The van der Waals surface area contributed by atoms with Crippen LogP contribution in [-0.4, -0.2) is 32.5 Å². The van der Waals surface area contributed by atoms with Crippen molar-refractivity contribution in [2.24, 2.45) is 5.92 Å². The Kier molecular flexibility index (Phi) is 6.49. The van der Waals surface area contributed by atoms with E-state index in [4.69, 9.17) is 11.2 Å². The summed E-state index contributed by atoms with van der Waals surface area (Å²) in [6.45, 7) is 1.00. The molecular formula is C13H21NO3. The first-order valence-corrected chi connectivity index (χ1v) is 6.14. The van der Waals surface area contributed by atoms with Gasteiger partial charge in [0.1, 0.15) is 6.61 Å². The first-order valence-electron chi connectivity index (χ1n) is 6.14. The van der Waals surface area contributed by atoms with E-state index >= 15 is 0 Å². The molecule has 1 rings (SSSR count). The molecule has 1 unspecified atom stereocenters. The number of nitrogens with one attached hydrogen (secondary N) is 1. The number of hydrogen-bond donors (Lipinski definition) is 1. The van der Waals surface area contributed by atoms with Crippen LogP contribution in [0.4, 0.5) is 4.79 Å². The van der Waals surface area contributed by atoms with E-state index in [1.165, 1.54) is 26.4 Å². The van der Waals surface area contributed by atoms with Gasteiger partial charge in [0, 0.05) is 6.54 Å². The van der Waals surface area contributed by atoms with Crippen molar-refractivity contribution in [3.8, 4) is 12.3 Å². The van der Waals surface area contributed by atoms with Crippen LogP contribution in [0.2, 0.25) is 0 Å². The molecule has 1 aliphatic carbocycles. The molecule has 0 spiro atoms. The third-order valence-corrected chi connectivity index (χ3v) is 3.18. The van der Waals surface area contributed by atoms with Gasteiger partial charge in [0.2, 0.25) is 0 Å². The van der Waals surface area contributed by atoms with Crippen LogP contribution in [0.1, 0.15) is 32.1 Å². The van der Waals surface area contributed by atoms with E-state index in [-0.39, 0.29) is 12.2 Å². The summed E-state index contributed by atoms with van der Waals surface area (Å²) in [5.74, 6) is 3.16. The number of terminal acetylenes is 1. The Morgan fingerprint density at radius 1 is 1.59 bits per heavy atom. The van der Waals surface area contributed by atoms with E-state index in [0.29, 0.717) is 19.1 Å². The Balaban J connectivity index is 2.15. The van der Waals surface area contributed by atoms with Gasteiger partial charge in [-0.25, -0.2) is 4.79 Å². The Labute approximate surface area is 103 Å². The summed E-state index contributed by atoms with van der Waals surface area (Å²) in [7, 11) is 1.36. The lowest BCUT2D eigenvalue weighted by atomic mass is 9.79. The highest BCUT2D eigenvalue weighted by Crippen LogP contribution is 2.33. The van der Waals surface area contributed by atoms with Crippen molar-refractivity contribution in [2.45, 2.75) is 38.2 Å². The fraction of sp³-hybridized carbons (Fsp3) is 0.769. The highest BCUT2D eigenvalue weighted by atomic mass is 16.5. The number of alkyl carbamates (subject to hydrolysis) is 1. The van der Waals surface area contributed by atoms with Crippen LogP contribution in [0.3, 0.4) is 0 Å². The largest absolute Gasteiger partial charge is 0.453 e. The summed E-state index contributed by atoms with van der Waals surface area (Å²) >= 11 is 0. The SMILES string of the molecule is C#CCOC(CCCNC(=O)OC)C1CCC1. The van der Waals surface area contributed by atoms with E-state index in [1.807, 2.05) is 0 Å². The lowest BCUT2D eigenvalue weighted by molar-refractivity contribution is -0.00357. The van der Waals surface area contributed by atoms with Crippen molar-refractivity contribution >= 4 is 6.09 Å². The molecule has 0 heterocycles. The molecule has 1 atom stereocenters. The number of hydrogen-bond acceptors (Lipinski definition) is 3. The predicted octanol–water partition coefficient (Wildman–Crippen LogP) is 1.94. The quantitative estimate of drug-likeness (QED) is 0.545. The summed E-state index contributed by atoms with van der Waals surface area (Å²) in [5, 5.41) is 2.66. The molecule has 0 aromatic heterocycles. The predicted molar refractivity (Wildman–Crippen MR) is 65.6 cm³/mol. The minimum absolute atomic E-state index is 0.249. The monoisotopic (exact) mass is 239 g/mol. The van der Waals surface area contributed by atoms with E-state index in [9.17, 15) is 4.79 Å². The van der Waals surface area contributed by atoms with E-state index in [0.717, 1.165) is 12.8 Å². The molecule has 1 amide bonds. The zero-order valence-electron chi connectivity index (χ0n) is 10.4. The second-order valence-electron chi connectivity index (χ2n) is 4.31. The van der Waals surface area contributed by atoms with E-state index in [1.54, 1.807) is 0 Å². The zero-order chi connectivity index (χ0) is 12.5. The van der Waals surface area contributed by atoms with E-state index < -0.39 is 0 Å². The number of ether oxygens (including phenoxy) is 2. The Morgan fingerprint density at radius 3 is 2.88 bits per heavy atom. The van der Waals surface area contributed by atoms with Gasteiger partial charge < -0.3 is 14.8 Å². The molecule has 96 valence electrons. The molecule has 0 bridgehead atoms. The lowest BCUT2D eigenvalue weighted by Crippen LogP contribution is -2.31. The average Bonchev–Trinajstić information content (AvgIpc) is 2.28. The van der Waals surface area contributed by atoms with Crippen LogP contribution in [-0.2, 0) is 9.47 Å². The molecule has 0 aliphatic heterocycles. The van der Waals surface area contributed by atoms with Crippen molar-refractivity contribution in [1.29, 1.82) is 0 Å². The summed E-state index contributed by atoms with van der Waals surface area (Å²) < 4.78 is 10.1. The van der Waals surface area contributed by atoms with Gasteiger partial charge in [0.15, 0.2) is 0 Å². The van der Waals surface area contributed by atoms with Gasteiger partial charge in [0.25, 0.3) is 0 Å². The maximum absolute atomic E-state index is 10.8. The average molecular weight is 239 g/mol. The van der Waals surface area contributed by atoms with Crippen molar-refractivity contribution in [3.63, 3.8) is 0 Å². The van der Waals surface area contributed by atoms with Crippen molar-refractivity contribution in [2.75, 3.05) is 20.3 Å². The third-order valence-electron chi connectivity index (χ3n) is 3.18. The Hall–Kier alpha value is -1.21. The topological polar surface area (TPSA) is 47.6 Å². The normalized spacial score (nSPS) is 16.7. The molecule has 0 aromatic carbocycles. The number of rotatable bonds is 7. The van der Waals surface area contributed by atoms with Crippen LogP contribution < -0.4 is 5.32 Å². The lowest BCUT2D eigenvalue weighted by Gasteiger charge is -2.33. The molecule has 0 saturated heterocycles. The molecule has 1 saturated carbocycles. The van der Waals surface area contributed by atoms with Gasteiger partial charge in [-0.3, -0.25) is 0 Å². The zero-order valence-corrected chi connectivity index (χ0v) is 10.4. The molecular weight excluding hydrogens is 218 g/mol. The van der Waals surface area contributed by atoms with Crippen molar-refractivity contribution in [1.82, 2.24) is 5.32 Å². The Bertz CT molecular complexity index is 268. The molecule has 17 heavy (non-hydrogen) atoms. The maximum atomic E-state index is 10.8. The second-order valence-corrected chi connectivity index (χ2v) is 4.31. The maximum Gasteiger partial charge on any atom is 0.406 e. The summed E-state index contributed by atoms with van der Waals surface area (Å²) in [6, 6.07) is 0. The standard InChI is InChI=1S/C13H21NO3/c1-3-10-17-12(11-6-4-7-11)8-5-9-14-13(15)16-2/h1,11-12H,4-10H2,2H3,(H,14,15). The summed E-state index contributed by atoms with van der Waals surface area (Å²) in [4.78, 5) is 10.8. The second kappa shape index (κ2) is 7.97. The molecule has 1 aliphatic rings. The number of methoxy groups -OCH3 is 1. The highest BCUT2D eigenvalue weighted by Gasteiger charge is 2.27. The van der Waals surface area contributed by atoms with Gasteiger partial charge >= 0.3 is 6.09 Å². The van der Waals surface area contributed by atoms with Gasteiger partial charge in [-0.05, 0) is 31.6 Å². The molecule has 4 nitrogen and oxygen atoms in total. The van der Waals surface area contributed by atoms with Gasteiger partial charge in [-0.2, -0.15) is 0 Å². The van der Waals surface area contributed by atoms with Crippen molar-refractivity contribution < 1.29 is 14.3 Å². The third kappa shape index (κ3) is 5.10. The van der Waals surface area contributed by atoms with Crippen molar-refractivity contribution in [3.05, 3.63) is 0 Å². The first kappa shape index (κ1) is 13.9. The van der Waals surface area contributed by atoms with Crippen LogP contribution in [0.5, 0.6) is 0 Å². The first-order chi connectivity index (χ1) is 8.27. The molecule has 1 fully saturated rings. The Morgan fingerprint density at radius 2 is 2.35 bits per heavy atom. The van der Waals surface area contributed by atoms with Crippen LogP contribution in [0.25, 0.3) is 0 Å². The van der Waals surface area contributed by atoms with Crippen LogP contribution >= 0.6 is 0 Å². The van der Waals surface area contributed by atoms with Gasteiger partial charge in [-0.15, -0.1) is 6.42 Å². The fourth-order valence-corrected chi connectivity index (χ4v) is 1.99. The minimum Gasteiger partial charge on any atom is -0.453 e. The van der Waals surface area contributed by atoms with Gasteiger partial charge in [-0.1, -0.05) is 12.3 Å². The van der Waals surface area contributed by atoms with Crippen LogP contribution in [0.15, 0.2) is 0 Å². The molecule has 0 aromatic rings. The highest BCUT2D eigenvalue weighted by molar-refractivity contribution is 5.66. The fourth-order valence-electron chi connectivity index (χ4n) is 1.99. The molecule has 1 N–H and O–H groups in total. The summed E-state index contributed by atoms with van der Waals surface area (Å²) in [6.07, 6.45) is 10.7. The number of carbonyl (C=O) groups is 1. The molecule has 4 heteroatoms. The van der Waals surface area contributed by atoms with E-state index in [2.05, 4.69) is 16.0 Å². The number of carbonyl (C=O) groups excluding carboxylic acids is 1. The molecule has 0 radical (unpaired) electrons. The summed E-state index contributed by atoms with van der Waals surface area (Å²) in [5.41, 5.74) is 0. The smallest absolute Gasteiger partial charge is 0.406 e. The van der Waals surface area contributed by atoms with Gasteiger partial charge in [0.05, 0.1) is 13.2 Å². The minimum atomic E-state index is -0.380. The van der Waals surface area contributed by atoms with Crippen LogP contribution in [0, 0.1) is 18.3 Å².